The zero-order valence-corrected chi connectivity index (χ0v) is 10.9. The third kappa shape index (κ3) is 2.88. The Balaban J connectivity index is 1.47. The van der Waals surface area contributed by atoms with Crippen LogP contribution in [0.15, 0.2) is 54.7 Å². The largest absolute Gasteiger partial charge is 0.471 e. The Labute approximate surface area is 117 Å². The number of rotatable bonds is 3. The fourth-order valence-corrected chi connectivity index (χ4v) is 1.99. The van der Waals surface area contributed by atoms with E-state index in [4.69, 9.17) is 4.74 Å². The van der Waals surface area contributed by atoms with Crippen LogP contribution in [0.3, 0.4) is 0 Å². The van der Waals surface area contributed by atoms with Crippen LogP contribution < -0.4 is 10.1 Å². The van der Waals surface area contributed by atoms with Gasteiger partial charge < -0.3 is 15.0 Å². The molecule has 102 valence electrons. The van der Waals surface area contributed by atoms with Crippen molar-refractivity contribution in [2.24, 2.45) is 0 Å². The molecule has 20 heavy (non-hydrogen) atoms. The van der Waals surface area contributed by atoms with Crippen LogP contribution in [0.25, 0.3) is 0 Å². The minimum absolute atomic E-state index is 0.0198. The van der Waals surface area contributed by atoms with Crippen molar-refractivity contribution in [3.63, 3.8) is 0 Å². The summed E-state index contributed by atoms with van der Waals surface area (Å²) in [5, 5.41) is 2.84. The van der Waals surface area contributed by atoms with Crippen molar-refractivity contribution in [3.05, 3.63) is 54.7 Å². The van der Waals surface area contributed by atoms with E-state index < -0.39 is 0 Å². The summed E-state index contributed by atoms with van der Waals surface area (Å²) in [5.74, 6) is 0.598. The van der Waals surface area contributed by atoms with Crippen molar-refractivity contribution < 1.29 is 9.53 Å². The molecular weight excluding hydrogens is 254 g/mol. The lowest BCUT2D eigenvalue weighted by Crippen LogP contribution is -2.57. The molecule has 5 heteroatoms. The van der Waals surface area contributed by atoms with Crippen molar-refractivity contribution in [2.75, 3.05) is 18.4 Å². The van der Waals surface area contributed by atoms with Gasteiger partial charge in [-0.25, -0.2) is 9.78 Å². The molecule has 1 N–H and O–H groups in total. The summed E-state index contributed by atoms with van der Waals surface area (Å²) in [5.41, 5.74) is 0.798. The molecule has 1 aliphatic heterocycles. The number of benzene rings is 1. The number of urea groups is 1. The third-order valence-electron chi connectivity index (χ3n) is 3.09. The Morgan fingerprint density at radius 3 is 2.60 bits per heavy atom. The van der Waals surface area contributed by atoms with Crippen molar-refractivity contribution in [1.29, 1.82) is 0 Å². The smallest absolute Gasteiger partial charge is 0.322 e. The second kappa shape index (κ2) is 5.61. The number of carbonyl (C=O) groups is 1. The van der Waals surface area contributed by atoms with E-state index in [1.54, 1.807) is 11.1 Å². The van der Waals surface area contributed by atoms with Crippen LogP contribution in [0.5, 0.6) is 5.88 Å². The maximum absolute atomic E-state index is 11.9. The summed E-state index contributed by atoms with van der Waals surface area (Å²) in [4.78, 5) is 17.7. The predicted molar refractivity (Wildman–Crippen MR) is 75.7 cm³/mol. The normalized spacial score (nSPS) is 14.5. The average Bonchev–Trinajstić information content (AvgIpc) is 2.44. The molecule has 0 aliphatic carbocycles. The number of para-hydroxylation sites is 1. The number of amides is 2. The van der Waals surface area contributed by atoms with Gasteiger partial charge in [0.1, 0.15) is 6.10 Å². The van der Waals surface area contributed by atoms with Gasteiger partial charge >= 0.3 is 6.03 Å². The number of ether oxygens (including phenoxy) is 1. The number of hydrogen-bond acceptors (Lipinski definition) is 3. The fourth-order valence-electron chi connectivity index (χ4n) is 1.99. The molecule has 1 aromatic heterocycles. The van der Waals surface area contributed by atoms with E-state index in [9.17, 15) is 4.79 Å². The van der Waals surface area contributed by atoms with Gasteiger partial charge in [-0.05, 0) is 18.2 Å². The molecule has 5 nitrogen and oxygen atoms in total. The van der Waals surface area contributed by atoms with Crippen molar-refractivity contribution in [1.82, 2.24) is 9.88 Å². The summed E-state index contributed by atoms with van der Waals surface area (Å²) in [6.45, 7) is 1.16. The van der Waals surface area contributed by atoms with Crippen LogP contribution in [0.4, 0.5) is 10.5 Å². The van der Waals surface area contributed by atoms with Gasteiger partial charge in [-0.3, -0.25) is 0 Å². The number of pyridine rings is 1. The number of anilines is 1. The first kappa shape index (κ1) is 12.5. The summed E-state index contributed by atoms with van der Waals surface area (Å²) in [6, 6.07) is 14.8. The molecular formula is C15H15N3O2. The third-order valence-corrected chi connectivity index (χ3v) is 3.09. The topological polar surface area (TPSA) is 54.5 Å². The van der Waals surface area contributed by atoms with Crippen molar-refractivity contribution in [3.8, 4) is 5.88 Å². The van der Waals surface area contributed by atoms with Gasteiger partial charge in [-0.2, -0.15) is 0 Å². The van der Waals surface area contributed by atoms with Crippen molar-refractivity contribution in [2.45, 2.75) is 6.10 Å². The lowest BCUT2D eigenvalue weighted by Gasteiger charge is -2.38. The highest BCUT2D eigenvalue weighted by Gasteiger charge is 2.32. The molecule has 1 fully saturated rings. The van der Waals surface area contributed by atoms with Gasteiger partial charge in [0.05, 0.1) is 13.1 Å². The quantitative estimate of drug-likeness (QED) is 0.930. The van der Waals surface area contributed by atoms with Crippen LogP contribution in [0, 0.1) is 0 Å². The number of hydrogen-bond donors (Lipinski definition) is 1. The molecule has 2 amide bonds. The molecule has 1 saturated heterocycles. The maximum atomic E-state index is 11.9. The molecule has 3 rings (SSSR count). The second-order valence-electron chi connectivity index (χ2n) is 4.61. The number of likely N-dealkylation sites (tertiary alicyclic amines) is 1. The first-order chi connectivity index (χ1) is 9.81. The zero-order chi connectivity index (χ0) is 13.8. The Hall–Kier alpha value is -2.56. The number of nitrogens with one attached hydrogen (secondary N) is 1. The number of aromatic nitrogens is 1. The summed E-state index contributed by atoms with van der Waals surface area (Å²) in [6.07, 6.45) is 1.71. The molecule has 0 saturated carbocycles. The van der Waals surface area contributed by atoms with Crippen LogP contribution >= 0.6 is 0 Å². The molecule has 0 radical (unpaired) electrons. The standard InChI is InChI=1S/C15H15N3O2/c19-15(17-12-6-2-1-3-7-12)18-10-13(11-18)20-14-8-4-5-9-16-14/h1-9,13H,10-11H2,(H,17,19). The number of nitrogens with zero attached hydrogens (tertiary/aromatic N) is 2. The first-order valence-corrected chi connectivity index (χ1v) is 6.50. The van der Waals surface area contributed by atoms with E-state index in [0.717, 1.165) is 5.69 Å². The Morgan fingerprint density at radius 2 is 1.90 bits per heavy atom. The van der Waals surface area contributed by atoms with Crippen LogP contribution in [0.1, 0.15) is 0 Å². The average molecular weight is 269 g/mol. The van der Waals surface area contributed by atoms with Gasteiger partial charge in [0, 0.05) is 18.0 Å². The second-order valence-corrected chi connectivity index (χ2v) is 4.61. The fraction of sp³-hybridized carbons (Fsp3) is 0.200. The van der Waals surface area contributed by atoms with Gasteiger partial charge in [0.15, 0.2) is 0 Å². The minimum atomic E-state index is -0.0999. The van der Waals surface area contributed by atoms with Gasteiger partial charge in [0.2, 0.25) is 5.88 Å². The zero-order valence-electron chi connectivity index (χ0n) is 10.9. The van der Waals surface area contributed by atoms with Crippen molar-refractivity contribution >= 4 is 11.7 Å². The lowest BCUT2D eigenvalue weighted by atomic mass is 10.2. The molecule has 2 heterocycles. The van der Waals surface area contributed by atoms with Gasteiger partial charge in [0.25, 0.3) is 0 Å². The maximum Gasteiger partial charge on any atom is 0.322 e. The summed E-state index contributed by atoms with van der Waals surface area (Å²) < 4.78 is 5.65. The minimum Gasteiger partial charge on any atom is -0.471 e. The van der Waals surface area contributed by atoms with E-state index in [-0.39, 0.29) is 12.1 Å². The number of carbonyl (C=O) groups excluding carboxylic acids is 1. The van der Waals surface area contributed by atoms with Crippen LogP contribution in [-0.2, 0) is 0 Å². The van der Waals surface area contributed by atoms with Gasteiger partial charge in [-0.1, -0.05) is 24.3 Å². The molecule has 0 atom stereocenters. The highest BCUT2D eigenvalue weighted by molar-refractivity contribution is 5.89. The monoisotopic (exact) mass is 269 g/mol. The lowest BCUT2D eigenvalue weighted by molar-refractivity contribution is 0.0461. The Morgan fingerprint density at radius 1 is 1.15 bits per heavy atom. The Bertz CT molecular complexity index is 568. The molecule has 1 aromatic carbocycles. The highest BCUT2D eigenvalue weighted by atomic mass is 16.5. The van der Waals surface area contributed by atoms with Crippen LogP contribution in [-0.4, -0.2) is 35.1 Å². The molecule has 0 bridgehead atoms. The van der Waals surface area contributed by atoms with E-state index in [2.05, 4.69) is 10.3 Å². The Kier molecular flexibility index (Phi) is 3.50. The first-order valence-electron chi connectivity index (χ1n) is 6.50. The van der Waals surface area contributed by atoms with Crippen LogP contribution in [0.2, 0.25) is 0 Å². The summed E-state index contributed by atoms with van der Waals surface area (Å²) >= 11 is 0. The molecule has 0 spiro atoms. The van der Waals surface area contributed by atoms with E-state index >= 15 is 0 Å². The van der Waals surface area contributed by atoms with E-state index in [1.807, 2.05) is 48.5 Å². The molecule has 0 unspecified atom stereocenters. The molecule has 1 aliphatic rings. The van der Waals surface area contributed by atoms with E-state index in [0.29, 0.717) is 19.0 Å². The molecule has 2 aromatic rings. The highest BCUT2D eigenvalue weighted by Crippen LogP contribution is 2.17. The van der Waals surface area contributed by atoms with Gasteiger partial charge in [-0.15, -0.1) is 0 Å². The van der Waals surface area contributed by atoms with E-state index in [1.165, 1.54) is 0 Å². The SMILES string of the molecule is O=C(Nc1ccccc1)N1CC(Oc2ccccn2)C1. The summed E-state index contributed by atoms with van der Waals surface area (Å²) in [7, 11) is 0. The predicted octanol–water partition coefficient (Wildman–Crippen LogP) is 2.38.